The third kappa shape index (κ3) is 22400. The van der Waals surface area contributed by atoms with E-state index in [4.69, 9.17) is 0 Å². The summed E-state index contributed by atoms with van der Waals surface area (Å²) in [6.45, 7) is 0. The normalized spacial score (nSPS) is 0. The Hall–Kier alpha value is -0.0800. The Morgan fingerprint density at radius 2 is 0.250 bits per heavy atom. The fraction of sp³-hybridized carbons (Fsp3) is 1.00. The van der Waals surface area contributed by atoms with Crippen molar-refractivity contribution in [1.82, 2.24) is 0 Å². The molecule has 0 aliphatic carbocycles. The molecule has 0 atom stereocenters. The second-order valence-electron chi connectivity index (χ2n) is 0. The minimum absolute atomic E-state index is 0. The topological polar surface area (TPSA) is 67.0 Å². The van der Waals surface area contributed by atoms with Crippen molar-refractivity contribution in [2.45, 2.75) is 44.6 Å². The zero-order chi connectivity index (χ0) is 0. The third-order valence-corrected chi connectivity index (χ3v) is 0. The number of hydrogen-bond acceptors (Lipinski definition) is 0. The summed E-state index contributed by atoms with van der Waals surface area (Å²) >= 11 is 0. The molecule has 0 aliphatic heterocycles. The van der Waals surface area contributed by atoms with Gasteiger partial charge in [0.15, 0.2) is 0 Å². The Bertz CT molecular complexity index is 6.49. The smallest absolute Gasteiger partial charge is 0.0776 e. The highest BCUT2D eigenvalue weighted by Gasteiger charge is -0.0725. The van der Waals surface area contributed by atoms with Crippen molar-refractivity contribution in [2.75, 3.05) is 0 Å². The van der Waals surface area contributed by atoms with Gasteiger partial charge in [0.25, 0.3) is 0 Å². The van der Waals surface area contributed by atoms with Crippen molar-refractivity contribution in [3.63, 3.8) is 0 Å². The molecular formula is C6H28N2-2. The zero-order valence-corrected chi connectivity index (χ0v) is 1.15. The Morgan fingerprint density at radius 3 is 0.250 bits per heavy atom. The standard InChI is InChI=1S/6CH4.2H2N/h6*1H4;2*1H2/q;;;;;;2*-1. The van der Waals surface area contributed by atoms with Crippen LogP contribution in [0.25, 0.3) is 12.3 Å². The van der Waals surface area contributed by atoms with Gasteiger partial charge in [-0.1, -0.05) is 44.6 Å². The van der Waals surface area contributed by atoms with Crippen LogP contribution in [0.5, 0.6) is 0 Å². The lowest BCUT2D eigenvalue weighted by atomic mass is 12.0. The van der Waals surface area contributed by atoms with Crippen molar-refractivity contribution in [1.29, 1.82) is 0 Å². The molecule has 8 heavy (non-hydrogen) atoms. The lowest BCUT2D eigenvalue weighted by Gasteiger charge is -0.694. The fourth-order valence-corrected chi connectivity index (χ4v) is 0. The average Bonchev–Trinajstić information content (AvgIpc) is 0. The van der Waals surface area contributed by atoms with Gasteiger partial charge in [0.1, 0.15) is 0 Å². The van der Waals surface area contributed by atoms with Crippen molar-refractivity contribution >= 4 is 0 Å². The van der Waals surface area contributed by atoms with Gasteiger partial charge in [-0.2, -0.15) is 0 Å². The summed E-state index contributed by atoms with van der Waals surface area (Å²) < 4.78 is 0. The fourth-order valence-electron chi connectivity index (χ4n) is 0. The first-order valence-corrected chi connectivity index (χ1v) is 0. The molecule has 0 spiro atoms. The van der Waals surface area contributed by atoms with Gasteiger partial charge >= 0.3 is 0 Å². The van der Waals surface area contributed by atoms with Crippen LogP contribution in [0.1, 0.15) is 44.6 Å². The quantitative estimate of drug-likeness (QED) is 0.427. The summed E-state index contributed by atoms with van der Waals surface area (Å²) in [6.07, 6.45) is 0. The van der Waals surface area contributed by atoms with E-state index in [0.29, 0.717) is 0 Å². The lowest BCUT2D eigenvalue weighted by Crippen LogP contribution is 0.143. The molecule has 2 nitrogen and oxygen atoms in total. The van der Waals surface area contributed by atoms with E-state index in [1.54, 1.807) is 0 Å². The van der Waals surface area contributed by atoms with Crippen LogP contribution >= 0.6 is 0 Å². The highest BCUT2D eigenvalue weighted by atomic mass is 14.0. The molecule has 0 aliphatic rings. The highest BCUT2D eigenvalue weighted by Crippen LogP contribution is 0.290. The summed E-state index contributed by atoms with van der Waals surface area (Å²) in [7, 11) is 0. The molecule has 0 aromatic heterocycles. The van der Waals surface area contributed by atoms with Crippen LogP contribution in [0.4, 0.5) is 0 Å². The van der Waals surface area contributed by atoms with Crippen LogP contribution < -0.4 is 0 Å². The van der Waals surface area contributed by atoms with E-state index in [0.717, 1.165) is 0 Å². The molecule has 0 saturated heterocycles. The second-order valence-corrected chi connectivity index (χ2v) is 0. The van der Waals surface area contributed by atoms with Crippen LogP contribution in [-0.4, -0.2) is 0 Å². The van der Waals surface area contributed by atoms with Gasteiger partial charge in [0.05, 0.1) is 0 Å². The Labute approximate surface area is 57.9 Å². The van der Waals surface area contributed by atoms with Crippen molar-refractivity contribution < 1.29 is 0 Å². The first-order valence-electron chi connectivity index (χ1n) is 0. The maximum absolute atomic E-state index is 0. The van der Waals surface area contributed by atoms with E-state index >= 15 is 0 Å². The summed E-state index contributed by atoms with van der Waals surface area (Å²) in [5.41, 5.74) is 0. The van der Waals surface area contributed by atoms with E-state index in [9.17, 15) is 0 Å². The predicted molar refractivity (Wildman–Crippen MR) is 51.0 cm³/mol. The summed E-state index contributed by atoms with van der Waals surface area (Å²) in [6, 6.07) is 0. The summed E-state index contributed by atoms with van der Waals surface area (Å²) in [4.78, 5) is 0. The molecular weight excluding hydrogens is 100 g/mol. The van der Waals surface area contributed by atoms with Gasteiger partial charge in [0.2, 0.25) is 0 Å². The summed E-state index contributed by atoms with van der Waals surface area (Å²) in [5.74, 6) is 0. The largest absolute Gasteiger partial charge is 0.693 e. The maximum Gasteiger partial charge on any atom is -0.0776 e. The van der Waals surface area contributed by atoms with Crippen LogP contribution in [0, 0.1) is 0 Å². The van der Waals surface area contributed by atoms with E-state index in [1.807, 2.05) is 0 Å². The van der Waals surface area contributed by atoms with E-state index in [-0.39, 0.29) is 56.9 Å². The second kappa shape index (κ2) is 37900. The highest BCUT2D eigenvalue weighted by molar-refractivity contribution is 3.36. The number of hydrogen-bond donors (Lipinski definition) is 0. The third-order valence-electron chi connectivity index (χ3n) is 0. The molecule has 4 N–H and O–H groups in total. The molecule has 0 saturated carbocycles. The number of rotatable bonds is 0. The molecule has 64 valence electrons. The average molecular weight is 128 g/mol. The Balaban J connectivity index is 0. The van der Waals surface area contributed by atoms with Gasteiger partial charge in [-0.15, -0.1) is 0 Å². The Morgan fingerprint density at radius 1 is 0.250 bits per heavy atom. The molecule has 0 fully saturated rings. The van der Waals surface area contributed by atoms with Crippen molar-refractivity contribution in [3.05, 3.63) is 12.3 Å². The SMILES string of the molecule is C.C.C.C.C.C.[NH2-].[NH2-]. The maximum atomic E-state index is 0. The molecule has 0 heterocycles. The van der Waals surface area contributed by atoms with Gasteiger partial charge in [-0.25, -0.2) is 0 Å². The molecule has 0 amide bonds. The molecule has 0 rings (SSSR count). The summed E-state index contributed by atoms with van der Waals surface area (Å²) in [5, 5.41) is 0. The molecule has 2 heteroatoms. The Kier molecular flexibility index (Phi) is 281000000. The first kappa shape index (κ1) is 59300. The predicted octanol–water partition coefficient (Wildman–Crippen LogP) is 5.25. The van der Waals surface area contributed by atoms with E-state index in [1.165, 1.54) is 0 Å². The van der Waals surface area contributed by atoms with Crippen molar-refractivity contribution in [3.8, 4) is 0 Å². The van der Waals surface area contributed by atoms with Gasteiger partial charge < -0.3 is 12.3 Å². The van der Waals surface area contributed by atoms with Gasteiger partial charge in [0, 0.05) is 0 Å². The minimum atomic E-state index is 0. The molecule has 0 unspecified atom stereocenters. The lowest BCUT2D eigenvalue weighted by molar-refractivity contribution is 2.50. The van der Waals surface area contributed by atoms with E-state index < -0.39 is 0 Å². The molecule has 0 bridgehead atoms. The number of nitrogens with two attached hydrogens (primary N) is 2. The van der Waals surface area contributed by atoms with Gasteiger partial charge in [-0.3, -0.25) is 0 Å². The van der Waals surface area contributed by atoms with Gasteiger partial charge in [-0.05, 0) is 0 Å². The minimum Gasteiger partial charge on any atom is -0.693 e. The van der Waals surface area contributed by atoms with Crippen LogP contribution in [0.15, 0.2) is 0 Å². The van der Waals surface area contributed by atoms with Crippen LogP contribution in [-0.2, 0) is 0 Å². The van der Waals surface area contributed by atoms with Crippen LogP contribution in [0.3, 0.4) is 0 Å². The van der Waals surface area contributed by atoms with E-state index in [2.05, 4.69) is 0 Å². The molecule has 0 aromatic rings. The van der Waals surface area contributed by atoms with Crippen LogP contribution in [0.2, 0.25) is 0 Å². The molecule has 0 radical (unpaired) electrons. The zero-order valence-electron chi connectivity index (χ0n) is 1.15. The van der Waals surface area contributed by atoms with Crippen molar-refractivity contribution in [2.24, 2.45) is 0 Å². The monoisotopic (exact) mass is 128 g/mol. The first-order chi connectivity index (χ1) is 0. The molecule has 0 aromatic carbocycles.